The number of rotatable bonds is 7. The molecule has 0 spiro atoms. The summed E-state index contributed by atoms with van der Waals surface area (Å²) in [4.78, 5) is 35.9. The van der Waals surface area contributed by atoms with Crippen LogP contribution in [-0.4, -0.2) is 24.3 Å². The number of anilines is 1. The molecule has 0 unspecified atom stereocenters. The third-order valence-corrected chi connectivity index (χ3v) is 4.54. The average molecular weight is 367 g/mol. The van der Waals surface area contributed by atoms with Gasteiger partial charge in [-0.1, -0.05) is 18.2 Å². The van der Waals surface area contributed by atoms with E-state index in [1.54, 1.807) is 12.1 Å². The Kier molecular flexibility index (Phi) is 6.88. The Balaban J connectivity index is 1.76. The third kappa shape index (κ3) is 6.06. The molecule has 142 valence electrons. The van der Waals surface area contributed by atoms with Crippen molar-refractivity contribution in [1.82, 2.24) is 0 Å². The van der Waals surface area contributed by atoms with E-state index in [2.05, 4.69) is 5.32 Å². The first-order valence-corrected chi connectivity index (χ1v) is 8.89. The Labute approximate surface area is 159 Å². The molecule has 5 heteroatoms. The fourth-order valence-corrected chi connectivity index (χ4v) is 2.51. The molecule has 2 aromatic carbocycles. The highest BCUT2D eigenvalue weighted by Gasteiger charge is 2.13. The maximum absolute atomic E-state index is 12.2. The molecule has 0 aliphatic carbocycles. The molecule has 1 N–H and O–H groups in total. The molecule has 2 rings (SSSR count). The highest BCUT2D eigenvalue weighted by molar-refractivity contribution is 5.98. The molecule has 0 bridgehead atoms. The summed E-state index contributed by atoms with van der Waals surface area (Å²) in [5.74, 6) is -1.09. The summed E-state index contributed by atoms with van der Waals surface area (Å²) in [5, 5.41) is 2.68. The van der Waals surface area contributed by atoms with Crippen LogP contribution >= 0.6 is 0 Å². The van der Waals surface area contributed by atoms with Gasteiger partial charge in [0.1, 0.15) is 0 Å². The van der Waals surface area contributed by atoms with Crippen molar-refractivity contribution < 1.29 is 19.1 Å². The summed E-state index contributed by atoms with van der Waals surface area (Å²) in [6, 6.07) is 11.0. The van der Waals surface area contributed by atoms with Gasteiger partial charge in [0, 0.05) is 17.7 Å². The first-order chi connectivity index (χ1) is 12.8. The van der Waals surface area contributed by atoms with E-state index in [4.69, 9.17) is 4.74 Å². The van der Waals surface area contributed by atoms with Crippen LogP contribution in [0.1, 0.15) is 45.5 Å². The second-order valence-electron chi connectivity index (χ2n) is 6.73. The minimum Gasteiger partial charge on any atom is -0.456 e. The highest BCUT2D eigenvalue weighted by Crippen LogP contribution is 2.14. The van der Waals surface area contributed by atoms with E-state index < -0.39 is 11.9 Å². The van der Waals surface area contributed by atoms with E-state index in [1.165, 1.54) is 0 Å². The predicted molar refractivity (Wildman–Crippen MR) is 105 cm³/mol. The molecular formula is C22H25NO4. The Morgan fingerprint density at radius 1 is 0.815 bits per heavy atom. The molecular weight excluding hydrogens is 342 g/mol. The van der Waals surface area contributed by atoms with Crippen molar-refractivity contribution in [3.8, 4) is 0 Å². The molecule has 0 atom stereocenters. The first kappa shape index (κ1) is 20.4. The molecule has 0 radical (unpaired) electrons. The fraction of sp³-hybridized carbons (Fsp3) is 0.318. The van der Waals surface area contributed by atoms with Gasteiger partial charge in [0.25, 0.3) is 5.91 Å². The van der Waals surface area contributed by atoms with Crippen LogP contribution in [0.3, 0.4) is 0 Å². The lowest BCUT2D eigenvalue weighted by molar-refractivity contribution is -0.147. The monoisotopic (exact) mass is 367 g/mol. The maximum Gasteiger partial charge on any atom is 0.306 e. The Hall–Kier alpha value is -2.95. The number of benzene rings is 2. The van der Waals surface area contributed by atoms with Crippen molar-refractivity contribution in [2.45, 2.75) is 40.5 Å². The van der Waals surface area contributed by atoms with Crippen LogP contribution in [0.5, 0.6) is 0 Å². The molecule has 0 aromatic heterocycles. The second-order valence-corrected chi connectivity index (χ2v) is 6.73. The first-order valence-electron chi connectivity index (χ1n) is 8.89. The van der Waals surface area contributed by atoms with Crippen LogP contribution in [-0.2, 0) is 14.3 Å². The molecule has 27 heavy (non-hydrogen) atoms. The van der Waals surface area contributed by atoms with Crippen LogP contribution in [0.25, 0.3) is 0 Å². The number of hydrogen-bond acceptors (Lipinski definition) is 4. The van der Waals surface area contributed by atoms with Crippen molar-refractivity contribution in [2.24, 2.45) is 0 Å². The van der Waals surface area contributed by atoms with Crippen molar-refractivity contribution in [3.05, 3.63) is 64.2 Å². The number of Topliss-reactive ketones (excluding diaryl/α,β-unsaturated/α-hetero) is 1. The standard InChI is InChI=1S/C22H25NO4/c1-14-5-7-18(11-16(14)3)20(24)9-10-22(26)27-13-21(25)23-19-8-6-15(2)17(4)12-19/h5-8,11-12H,9-10,13H2,1-4H3,(H,23,25). The number of esters is 1. The zero-order valence-corrected chi connectivity index (χ0v) is 16.2. The number of ketones is 1. The van der Waals surface area contributed by atoms with E-state index in [0.29, 0.717) is 11.3 Å². The fourth-order valence-electron chi connectivity index (χ4n) is 2.51. The van der Waals surface area contributed by atoms with Gasteiger partial charge in [-0.3, -0.25) is 14.4 Å². The number of carbonyl (C=O) groups excluding carboxylic acids is 3. The lowest BCUT2D eigenvalue weighted by Gasteiger charge is -2.08. The van der Waals surface area contributed by atoms with E-state index in [9.17, 15) is 14.4 Å². The van der Waals surface area contributed by atoms with Gasteiger partial charge in [-0.2, -0.15) is 0 Å². The van der Waals surface area contributed by atoms with E-state index in [0.717, 1.165) is 22.3 Å². The van der Waals surface area contributed by atoms with Crippen LogP contribution in [0.15, 0.2) is 36.4 Å². The maximum atomic E-state index is 12.2. The summed E-state index contributed by atoms with van der Waals surface area (Å²) in [5.41, 5.74) is 5.58. The number of hydrogen-bond donors (Lipinski definition) is 1. The predicted octanol–water partition coefficient (Wildman–Crippen LogP) is 4.07. The molecule has 5 nitrogen and oxygen atoms in total. The summed E-state index contributed by atoms with van der Waals surface area (Å²) in [6.07, 6.45) is 0.00277. The molecule has 1 amide bonds. The summed E-state index contributed by atoms with van der Waals surface area (Å²) in [7, 11) is 0. The van der Waals surface area contributed by atoms with Gasteiger partial charge >= 0.3 is 5.97 Å². The molecule has 0 aliphatic heterocycles. The minimum absolute atomic E-state index is 0.0529. The summed E-state index contributed by atoms with van der Waals surface area (Å²) >= 11 is 0. The highest BCUT2D eigenvalue weighted by atomic mass is 16.5. The third-order valence-electron chi connectivity index (χ3n) is 4.54. The molecule has 2 aromatic rings. The number of carbonyl (C=O) groups is 3. The van der Waals surface area contributed by atoms with Gasteiger partial charge in [-0.25, -0.2) is 0 Å². The van der Waals surface area contributed by atoms with Crippen LogP contribution < -0.4 is 5.32 Å². The van der Waals surface area contributed by atoms with Gasteiger partial charge in [0.05, 0.1) is 6.42 Å². The van der Waals surface area contributed by atoms with Gasteiger partial charge < -0.3 is 10.1 Å². The van der Waals surface area contributed by atoms with Gasteiger partial charge in [-0.15, -0.1) is 0 Å². The Morgan fingerprint density at radius 3 is 2.07 bits per heavy atom. The average Bonchev–Trinajstić information content (AvgIpc) is 2.63. The Bertz CT molecular complexity index is 871. The number of amides is 1. The SMILES string of the molecule is Cc1ccc(NC(=O)COC(=O)CCC(=O)c2ccc(C)c(C)c2)cc1C. The summed E-state index contributed by atoms with van der Waals surface area (Å²) in [6.45, 7) is 7.49. The second kappa shape index (κ2) is 9.12. The van der Waals surface area contributed by atoms with Crippen molar-refractivity contribution >= 4 is 23.3 Å². The minimum atomic E-state index is -0.567. The van der Waals surface area contributed by atoms with Crippen molar-refractivity contribution in [2.75, 3.05) is 11.9 Å². The van der Waals surface area contributed by atoms with Gasteiger partial charge in [0.15, 0.2) is 12.4 Å². The van der Waals surface area contributed by atoms with Crippen LogP contribution in [0.4, 0.5) is 5.69 Å². The zero-order chi connectivity index (χ0) is 20.0. The summed E-state index contributed by atoms with van der Waals surface area (Å²) < 4.78 is 4.96. The molecule has 0 heterocycles. The van der Waals surface area contributed by atoms with E-state index in [-0.39, 0.29) is 25.2 Å². The quantitative estimate of drug-likeness (QED) is 0.591. The molecule has 0 saturated heterocycles. The molecule has 0 saturated carbocycles. The van der Waals surface area contributed by atoms with Gasteiger partial charge in [0.2, 0.25) is 0 Å². The lowest BCUT2D eigenvalue weighted by atomic mass is 10.0. The van der Waals surface area contributed by atoms with Crippen molar-refractivity contribution in [3.63, 3.8) is 0 Å². The van der Waals surface area contributed by atoms with Crippen molar-refractivity contribution in [1.29, 1.82) is 0 Å². The topological polar surface area (TPSA) is 72.5 Å². The lowest BCUT2D eigenvalue weighted by Crippen LogP contribution is -2.21. The smallest absolute Gasteiger partial charge is 0.306 e. The van der Waals surface area contributed by atoms with E-state index in [1.807, 2.05) is 52.0 Å². The molecule has 0 fully saturated rings. The molecule has 0 aliphatic rings. The normalized spacial score (nSPS) is 10.4. The largest absolute Gasteiger partial charge is 0.456 e. The number of ether oxygens (including phenoxy) is 1. The zero-order valence-electron chi connectivity index (χ0n) is 16.2. The van der Waals surface area contributed by atoms with Gasteiger partial charge in [-0.05, 0) is 68.1 Å². The van der Waals surface area contributed by atoms with E-state index >= 15 is 0 Å². The van der Waals surface area contributed by atoms with Crippen LogP contribution in [0.2, 0.25) is 0 Å². The van der Waals surface area contributed by atoms with Crippen LogP contribution in [0, 0.1) is 27.7 Å². The Morgan fingerprint density at radius 2 is 1.44 bits per heavy atom. The number of nitrogens with one attached hydrogen (secondary N) is 1. The number of aryl methyl sites for hydroxylation is 4.